The summed E-state index contributed by atoms with van der Waals surface area (Å²) in [6.07, 6.45) is 14.5. The Bertz CT molecular complexity index is 1300. The van der Waals surface area contributed by atoms with E-state index in [0.29, 0.717) is 29.9 Å². The lowest BCUT2D eigenvalue weighted by molar-refractivity contribution is -0.116. The number of aromatic nitrogens is 3. The van der Waals surface area contributed by atoms with E-state index in [1.54, 1.807) is 16.9 Å². The molecule has 2 fully saturated rings. The minimum absolute atomic E-state index is 0.0986. The van der Waals surface area contributed by atoms with Gasteiger partial charge in [-0.15, -0.1) is 6.42 Å². The number of pyridine rings is 2. The molecule has 1 aliphatic carbocycles. The Kier molecular flexibility index (Phi) is 5.81. The second-order valence-electron chi connectivity index (χ2n) is 8.93. The number of terminal acetylenes is 1. The van der Waals surface area contributed by atoms with E-state index in [2.05, 4.69) is 27.3 Å². The number of fused-ring (bicyclic) bond motifs is 3. The van der Waals surface area contributed by atoms with E-state index in [0.717, 1.165) is 54.7 Å². The maximum absolute atomic E-state index is 11.7. The SMILES string of the molecule is C#CC(=O)NC1CCC2CC(C1)N(c1ccc(-c3cc(OCC)cn4ncc(C#N)c34)cn1)C2. The van der Waals surface area contributed by atoms with Gasteiger partial charge in [-0.05, 0) is 62.6 Å². The number of hydrogen-bond acceptors (Lipinski definition) is 6. The van der Waals surface area contributed by atoms with Crippen molar-refractivity contribution in [2.24, 2.45) is 5.92 Å². The van der Waals surface area contributed by atoms with Crippen LogP contribution < -0.4 is 15.0 Å². The highest BCUT2D eigenvalue weighted by Gasteiger charge is 2.37. The third-order valence-electron chi connectivity index (χ3n) is 6.82. The first-order valence-electron chi connectivity index (χ1n) is 11.6. The quantitative estimate of drug-likeness (QED) is 0.595. The van der Waals surface area contributed by atoms with Crippen molar-refractivity contribution in [1.82, 2.24) is 19.9 Å². The molecule has 1 aliphatic heterocycles. The molecule has 2 bridgehead atoms. The summed E-state index contributed by atoms with van der Waals surface area (Å²) in [6.45, 7) is 3.44. The molecule has 1 saturated carbocycles. The summed E-state index contributed by atoms with van der Waals surface area (Å²) in [5.74, 6) is 4.02. The number of rotatable bonds is 5. The van der Waals surface area contributed by atoms with Crippen molar-refractivity contribution in [1.29, 1.82) is 5.26 Å². The number of carbonyl (C=O) groups excluding carboxylic acids is 1. The molecule has 0 radical (unpaired) electrons. The van der Waals surface area contributed by atoms with Gasteiger partial charge in [-0.1, -0.05) is 0 Å². The molecule has 0 spiro atoms. The van der Waals surface area contributed by atoms with Gasteiger partial charge < -0.3 is 15.0 Å². The molecule has 3 aromatic rings. The predicted molar refractivity (Wildman–Crippen MR) is 128 cm³/mol. The minimum atomic E-state index is -0.339. The Morgan fingerprint density at radius 2 is 2.21 bits per heavy atom. The van der Waals surface area contributed by atoms with Crippen molar-refractivity contribution >= 4 is 17.2 Å². The van der Waals surface area contributed by atoms with Gasteiger partial charge >= 0.3 is 0 Å². The number of nitriles is 1. The molecule has 1 amide bonds. The van der Waals surface area contributed by atoms with Crippen LogP contribution in [-0.2, 0) is 4.79 Å². The van der Waals surface area contributed by atoms with E-state index < -0.39 is 0 Å². The number of nitrogens with one attached hydrogen (secondary N) is 1. The van der Waals surface area contributed by atoms with Gasteiger partial charge in [0.05, 0.1) is 30.1 Å². The lowest BCUT2D eigenvalue weighted by atomic mass is 10.0. The third kappa shape index (κ3) is 4.04. The lowest BCUT2D eigenvalue weighted by Crippen LogP contribution is -2.41. The molecular formula is C26H26N6O2. The average Bonchev–Trinajstić information content (AvgIpc) is 3.39. The third-order valence-corrected chi connectivity index (χ3v) is 6.82. The van der Waals surface area contributed by atoms with Crippen LogP contribution in [0.3, 0.4) is 0 Å². The van der Waals surface area contributed by atoms with E-state index in [9.17, 15) is 10.1 Å². The van der Waals surface area contributed by atoms with Gasteiger partial charge in [-0.3, -0.25) is 4.79 Å². The number of nitrogens with zero attached hydrogens (tertiary/aromatic N) is 5. The van der Waals surface area contributed by atoms with Crippen LogP contribution in [0.1, 0.15) is 38.2 Å². The topological polar surface area (TPSA) is 95.5 Å². The zero-order valence-electron chi connectivity index (χ0n) is 19.1. The van der Waals surface area contributed by atoms with Gasteiger partial charge in [-0.2, -0.15) is 10.4 Å². The molecule has 8 nitrogen and oxygen atoms in total. The minimum Gasteiger partial charge on any atom is -0.492 e. The zero-order chi connectivity index (χ0) is 23.7. The van der Waals surface area contributed by atoms with Crippen LogP contribution in [-0.4, -0.2) is 45.7 Å². The van der Waals surface area contributed by atoms with Crippen molar-refractivity contribution in [3.8, 4) is 35.3 Å². The fourth-order valence-electron chi connectivity index (χ4n) is 5.33. The summed E-state index contributed by atoms with van der Waals surface area (Å²) in [6, 6.07) is 8.65. The molecule has 8 heteroatoms. The van der Waals surface area contributed by atoms with E-state index in [4.69, 9.17) is 16.1 Å². The molecule has 5 rings (SSSR count). The van der Waals surface area contributed by atoms with Crippen LogP contribution in [0.15, 0.2) is 36.8 Å². The number of ether oxygens (including phenoxy) is 1. The first kappa shape index (κ1) is 21.8. The van der Waals surface area contributed by atoms with E-state index in [1.807, 2.05) is 31.3 Å². The smallest absolute Gasteiger partial charge is 0.295 e. The fraction of sp³-hybridized carbons (Fsp3) is 0.385. The molecule has 1 N–H and O–H groups in total. The standard InChI is InChI=1S/C26H26N6O2/c1-3-25(33)30-20-7-5-17-9-21(10-20)31(15-17)24-8-6-18(13-28-24)23-11-22(34-4-2)16-32-26(23)19(12-27)14-29-32/h1,6,8,11,13-14,16-17,20-21H,4-5,7,9-10,15H2,2H3,(H,30,33). The van der Waals surface area contributed by atoms with Crippen LogP contribution in [0.5, 0.6) is 5.75 Å². The Morgan fingerprint density at radius 3 is 2.94 bits per heavy atom. The van der Waals surface area contributed by atoms with Crippen molar-refractivity contribution in [2.75, 3.05) is 18.1 Å². The number of carbonyl (C=O) groups is 1. The number of anilines is 1. The Labute approximate surface area is 198 Å². The molecule has 34 heavy (non-hydrogen) atoms. The second kappa shape index (κ2) is 9.07. The lowest BCUT2D eigenvalue weighted by Gasteiger charge is -2.30. The van der Waals surface area contributed by atoms with Crippen LogP contribution in [0.25, 0.3) is 16.6 Å². The normalized spacial score (nSPS) is 21.5. The summed E-state index contributed by atoms with van der Waals surface area (Å²) in [4.78, 5) is 18.9. The van der Waals surface area contributed by atoms with Gasteiger partial charge in [-0.25, -0.2) is 9.50 Å². The highest BCUT2D eigenvalue weighted by Crippen LogP contribution is 2.37. The second-order valence-corrected chi connectivity index (χ2v) is 8.93. The fourth-order valence-corrected chi connectivity index (χ4v) is 5.33. The van der Waals surface area contributed by atoms with Crippen molar-refractivity contribution in [2.45, 2.75) is 44.7 Å². The van der Waals surface area contributed by atoms with Gasteiger partial charge in [0.25, 0.3) is 5.91 Å². The van der Waals surface area contributed by atoms with E-state index in [-0.39, 0.29) is 11.9 Å². The first-order valence-corrected chi connectivity index (χ1v) is 11.6. The molecule has 3 aromatic heterocycles. The summed E-state index contributed by atoms with van der Waals surface area (Å²) >= 11 is 0. The Balaban J connectivity index is 1.43. The molecule has 3 unspecified atom stereocenters. The molecule has 2 aliphatic rings. The summed E-state index contributed by atoms with van der Waals surface area (Å²) < 4.78 is 7.40. The molecule has 4 heterocycles. The molecule has 1 saturated heterocycles. The molecule has 0 aromatic carbocycles. The van der Waals surface area contributed by atoms with Gasteiger partial charge in [0.2, 0.25) is 0 Å². The van der Waals surface area contributed by atoms with Crippen LogP contribution >= 0.6 is 0 Å². The summed E-state index contributed by atoms with van der Waals surface area (Å²) in [5, 5.41) is 16.9. The van der Waals surface area contributed by atoms with Gasteiger partial charge in [0.15, 0.2) is 0 Å². The molecular weight excluding hydrogens is 428 g/mol. The van der Waals surface area contributed by atoms with Gasteiger partial charge in [0.1, 0.15) is 17.6 Å². The van der Waals surface area contributed by atoms with Crippen molar-refractivity contribution < 1.29 is 9.53 Å². The first-order chi connectivity index (χ1) is 16.6. The highest BCUT2D eigenvalue weighted by molar-refractivity contribution is 5.93. The van der Waals surface area contributed by atoms with E-state index >= 15 is 0 Å². The zero-order valence-corrected chi connectivity index (χ0v) is 19.1. The highest BCUT2D eigenvalue weighted by atomic mass is 16.5. The molecule has 172 valence electrons. The Morgan fingerprint density at radius 1 is 1.32 bits per heavy atom. The van der Waals surface area contributed by atoms with Crippen LogP contribution in [0.4, 0.5) is 5.82 Å². The monoisotopic (exact) mass is 454 g/mol. The van der Waals surface area contributed by atoms with Crippen LogP contribution in [0.2, 0.25) is 0 Å². The number of hydrogen-bond donors (Lipinski definition) is 1. The maximum Gasteiger partial charge on any atom is 0.295 e. The maximum atomic E-state index is 11.7. The Hall–Kier alpha value is -4.04. The van der Waals surface area contributed by atoms with Gasteiger partial charge in [0, 0.05) is 36.0 Å². The summed E-state index contributed by atoms with van der Waals surface area (Å²) in [5.41, 5.74) is 2.99. The predicted octanol–water partition coefficient (Wildman–Crippen LogP) is 3.16. The average molecular weight is 455 g/mol. The van der Waals surface area contributed by atoms with Crippen LogP contribution in [0, 0.1) is 29.6 Å². The van der Waals surface area contributed by atoms with Crippen molar-refractivity contribution in [3.63, 3.8) is 0 Å². The molecule has 3 atom stereocenters. The summed E-state index contributed by atoms with van der Waals surface area (Å²) in [7, 11) is 0. The largest absolute Gasteiger partial charge is 0.492 e. The van der Waals surface area contributed by atoms with Crippen molar-refractivity contribution in [3.05, 3.63) is 42.4 Å². The van der Waals surface area contributed by atoms with E-state index in [1.165, 1.54) is 0 Å². The number of amides is 1.